The third kappa shape index (κ3) is 3.36. The fraction of sp³-hybridized carbons (Fsp3) is 0.692. The maximum Gasteiger partial charge on any atom is 0.145 e. The van der Waals surface area contributed by atoms with Gasteiger partial charge in [-0.2, -0.15) is 0 Å². The first kappa shape index (κ1) is 15.0. The van der Waals surface area contributed by atoms with Crippen LogP contribution in [0.15, 0.2) is 6.07 Å². The van der Waals surface area contributed by atoms with Crippen molar-refractivity contribution in [3.8, 4) is 0 Å². The van der Waals surface area contributed by atoms with Crippen LogP contribution in [0.2, 0.25) is 0 Å². The second-order valence-corrected chi connectivity index (χ2v) is 5.59. The number of anilines is 2. The minimum absolute atomic E-state index is 0.00631. The van der Waals surface area contributed by atoms with Gasteiger partial charge in [0, 0.05) is 25.6 Å². The second kappa shape index (κ2) is 5.90. The van der Waals surface area contributed by atoms with E-state index >= 15 is 0 Å². The molecule has 0 aliphatic carbocycles. The van der Waals surface area contributed by atoms with E-state index in [1.807, 2.05) is 26.8 Å². The van der Waals surface area contributed by atoms with Crippen molar-refractivity contribution in [3.05, 3.63) is 11.9 Å². The smallest absolute Gasteiger partial charge is 0.145 e. The van der Waals surface area contributed by atoms with Crippen molar-refractivity contribution < 1.29 is 9.84 Å². The van der Waals surface area contributed by atoms with Crippen LogP contribution < -0.4 is 16.2 Å². The molecule has 112 valence electrons. The van der Waals surface area contributed by atoms with E-state index in [4.69, 9.17) is 10.6 Å². The Hall–Kier alpha value is -1.44. The maximum absolute atomic E-state index is 9.37. The van der Waals surface area contributed by atoms with Gasteiger partial charge in [-0.1, -0.05) is 6.92 Å². The van der Waals surface area contributed by atoms with Gasteiger partial charge in [-0.05, 0) is 13.8 Å². The molecule has 1 fully saturated rings. The molecular weight excluding hydrogens is 258 g/mol. The molecule has 4 N–H and O–H groups in total. The quantitative estimate of drug-likeness (QED) is 0.539. The molecule has 1 unspecified atom stereocenters. The summed E-state index contributed by atoms with van der Waals surface area (Å²) < 4.78 is 5.81. The Labute approximate surface area is 119 Å². The lowest BCUT2D eigenvalue weighted by molar-refractivity contribution is -0.101. The molecule has 0 amide bonds. The van der Waals surface area contributed by atoms with Crippen LogP contribution in [0.25, 0.3) is 0 Å². The molecule has 2 heterocycles. The average molecular weight is 281 g/mol. The van der Waals surface area contributed by atoms with Crippen LogP contribution in [-0.4, -0.2) is 46.5 Å². The Morgan fingerprint density at radius 2 is 2.30 bits per heavy atom. The fourth-order valence-corrected chi connectivity index (χ4v) is 2.44. The van der Waals surface area contributed by atoms with E-state index < -0.39 is 0 Å². The number of nitrogen functional groups attached to an aromatic ring is 1. The van der Waals surface area contributed by atoms with Crippen molar-refractivity contribution >= 4 is 11.6 Å². The lowest BCUT2D eigenvalue weighted by atomic mass is 10.1. The Morgan fingerprint density at radius 1 is 1.55 bits per heavy atom. The van der Waals surface area contributed by atoms with Crippen molar-refractivity contribution in [2.24, 2.45) is 5.84 Å². The van der Waals surface area contributed by atoms with Gasteiger partial charge in [-0.25, -0.2) is 15.8 Å². The van der Waals surface area contributed by atoms with E-state index in [-0.39, 0.29) is 18.3 Å². The van der Waals surface area contributed by atoms with E-state index in [1.165, 1.54) is 0 Å². The van der Waals surface area contributed by atoms with Crippen molar-refractivity contribution in [2.75, 3.05) is 30.0 Å². The first-order valence-electron chi connectivity index (χ1n) is 6.85. The number of nitrogens with two attached hydrogens (primary N) is 1. The zero-order valence-corrected chi connectivity index (χ0v) is 12.3. The van der Waals surface area contributed by atoms with Gasteiger partial charge in [-0.3, -0.25) is 0 Å². The topological polar surface area (TPSA) is 96.5 Å². The van der Waals surface area contributed by atoms with Crippen molar-refractivity contribution in [3.63, 3.8) is 0 Å². The summed E-state index contributed by atoms with van der Waals surface area (Å²) >= 11 is 0. The Morgan fingerprint density at radius 3 is 2.90 bits per heavy atom. The number of aliphatic hydroxyl groups is 1. The SMILES string of the molecule is CCc1nc(NN)cc(N2CC(CO)OC(C)(C)C2)n1. The van der Waals surface area contributed by atoms with Crippen LogP contribution in [0, 0.1) is 0 Å². The molecule has 2 rings (SSSR count). The number of rotatable bonds is 4. The number of aromatic nitrogens is 2. The summed E-state index contributed by atoms with van der Waals surface area (Å²) in [5.41, 5.74) is 2.23. The van der Waals surface area contributed by atoms with E-state index in [0.29, 0.717) is 18.9 Å². The second-order valence-electron chi connectivity index (χ2n) is 5.59. The molecule has 1 saturated heterocycles. The fourth-order valence-electron chi connectivity index (χ4n) is 2.44. The number of nitrogens with one attached hydrogen (secondary N) is 1. The Kier molecular flexibility index (Phi) is 4.42. The third-order valence-corrected chi connectivity index (χ3v) is 3.23. The average Bonchev–Trinajstić information content (AvgIpc) is 2.44. The number of nitrogens with zero attached hydrogens (tertiary/aromatic N) is 3. The first-order valence-corrected chi connectivity index (χ1v) is 6.85. The highest BCUT2D eigenvalue weighted by atomic mass is 16.5. The molecular formula is C13H23N5O2. The van der Waals surface area contributed by atoms with Gasteiger partial charge in [0.2, 0.25) is 0 Å². The van der Waals surface area contributed by atoms with Gasteiger partial charge in [-0.15, -0.1) is 0 Å². The Bertz CT molecular complexity index is 444. The highest BCUT2D eigenvalue weighted by molar-refractivity contribution is 5.49. The van der Waals surface area contributed by atoms with Gasteiger partial charge in [0.05, 0.1) is 18.3 Å². The van der Waals surface area contributed by atoms with Crippen LogP contribution in [-0.2, 0) is 11.2 Å². The van der Waals surface area contributed by atoms with E-state index in [1.54, 1.807) is 0 Å². The summed E-state index contributed by atoms with van der Waals surface area (Å²) in [5, 5.41) is 9.37. The minimum atomic E-state index is -0.334. The van der Waals surface area contributed by atoms with Gasteiger partial charge in [0.15, 0.2) is 0 Å². The molecule has 1 atom stereocenters. The van der Waals surface area contributed by atoms with E-state index in [2.05, 4.69) is 20.3 Å². The largest absolute Gasteiger partial charge is 0.394 e. The Balaban J connectivity index is 2.29. The summed E-state index contributed by atoms with van der Waals surface area (Å²) in [6.45, 7) is 7.31. The number of ether oxygens (including phenoxy) is 1. The zero-order valence-electron chi connectivity index (χ0n) is 12.3. The highest BCUT2D eigenvalue weighted by Gasteiger charge is 2.33. The predicted octanol–water partition coefficient (Wildman–Crippen LogP) is 0.301. The number of hydrogen-bond donors (Lipinski definition) is 3. The maximum atomic E-state index is 9.37. The zero-order chi connectivity index (χ0) is 14.8. The van der Waals surface area contributed by atoms with Gasteiger partial charge >= 0.3 is 0 Å². The van der Waals surface area contributed by atoms with E-state index in [9.17, 15) is 5.11 Å². The summed E-state index contributed by atoms with van der Waals surface area (Å²) in [6, 6.07) is 1.81. The molecule has 0 spiro atoms. The summed E-state index contributed by atoms with van der Waals surface area (Å²) in [4.78, 5) is 10.9. The van der Waals surface area contributed by atoms with Crippen LogP contribution in [0.4, 0.5) is 11.6 Å². The molecule has 0 aromatic carbocycles. The third-order valence-electron chi connectivity index (χ3n) is 3.23. The van der Waals surface area contributed by atoms with Crippen LogP contribution in [0.5, 0.6) is 0 Å². The van der Waals surface area contributed by atoms with Crippen LogP contribution in [0.1, 0.15) is 26.6 Å². The summed E-state index contributed by atoms with van der Waals surface area (Å²) in [6.07, 6.45) is 0.521. The molecule has 0 radical (unpaired) electrons. The normalized spacial score (nSPS) is 21.9. The molecule has 0 bridgehead atoms. The molecule has 1 aromatic heterocycles. The number of morpholine rings is 1. The lowest BCUT2D eigenvalue weighted by Gasteiger charge is -2.42. The van der Waals surface area contributed by atoms with Gasteiger partial charge in [0.25, 0.3) is 0 Å². The van der Waals surface area contributed by atoms with Crippen molar-refractivity contribution in [2.45, 2.75) is 38.9 Å². The number of aliphatic hydroxyl groups excluding tert-OH is 1. The molecule has 7 heteroatoms. The molecule has 20 heavy (non-hydrogen) atoms. The number of hydrazine groups is 1. The van der Waals surface area contributed by atoms with Gasteiger partial charge < -0.3 is 20.2 Å². The highest BCUT2D eigenvalue weighted by Crippen LogP contribution is 2.26. The van der Waals surface area contributed by atoms with Gasteiger partial charge in [0.1, 0.15) is 17.5 Å². The lowest BCUT2D eigenvalue weighted by Crippen LogP contribution is -2.54. The van der Waals surface area contributed by atoms with Crippen LogP contribution in [0.3, 0.4) is 0 Å². The number of hydrogen-bond acceptors (Lipinski definition) is 7. The van der Waals surface area contributed by atoms with Crippen LogP contribution >= 0.6 is 0 Å². The predicted molar refractivity (Wildman–Crippen MR) is 77.5 cm³/mol. The monoisotopic (exact) mass is 281 g/mol. The minimum Gasteiger partial charge on any atom is -0.394 e. The first-order chi connectivity index (χ1) is 9.47. The number of aryl methyl sites for hydroxylation is 1. The molecule has 1 aliphatic rings. The molecule has 1 aromatic rings. The molecule has 7 nitrogen and oxygen atoms in total. The summed E-state index contributed by atoms with van der Waals surface area (Å²) in [7, 11) is 0. The standard InChI is InChI=1S/C13H23N5O2/c1-4-10-15-11(17-14)5-12(16-10)18-6-9(7-19)20-13(2,3)8-18/h5,9,19H,4,6-8,14H2,1-3H3,(H,15,16,17). The molecule has 0 saturated carbocycles. The molecule has 1 aliphatic heterocycles. The van der Waals surface area contributed by atoms with Crippen molar-refractivity contribution in [1.29, 1.82) is 0 Å². The van der Waals surface area contributed by atoms with E-state index in [0.717, 1.165) is 18.1 Å². The van der Waals surface area contributed by atoms with Crippen molar-refractivity contribution in [1.82, 2.24) is 9.97 Å². The summed E-state index contributed by atoms with van der Waals surface area (Å²) in [5.74, 6) is 7.59.